The average Bonchev–Trinajstić information content (AvgIpc) is 2.46. The first-order chi connectivity index (χ1) is 10.0. The first-order valence-electron chi connectivity index (χ1n) is 5.88. The maximum absolute atomic E-state index is 10.9. The largest absolute Gasteiger partial charge is 0.380 e. The first-order valence-corrected chi connectivity index (χ1v) is 7.05. The summed E-state index contributed by atoms with van der Waals surface area (Å²) in [5.74, 6) is 0. The highest BCUT2D eigenvalue weighted by molar-refractivity contribution is 9.10. The summed E-state index contributed by atoms with van der Waals surface area (Å²) in [6.07, 6.45) is 0. The van der Waals surface area contributed by atoms with E-state index < -0.39 is 4.92 Å². The van der Waals surface area contributed by atoms with E-state index in [4.69, 9.17) is 16.9 Å². The van der Waals surface area contributed by atoms with Crippen LogP contribution in [0.2, 0.25) is 5.02 Å². The van der Waals surface area contributed by atoms with Crippen LogP contribution in [0, 0.1) is 21.4 Å². The highest BCUT2D eigenvalue weighted by Crippen LogP contribution is 2.30. The van der Waals surface area contributed by atoms with Crippen LogP contribution in [-0.4, -0.2) is 4.92 Å². The summed E-state index contributed by atoms with van der Waals surface area (Å²) in [7, 11) is 0. The Kier molecular flexibility index (Phi) is 4.78. The number of benzene rings is 2. The molecule has 0 spiro atoms. The molecule has 0 bridgehead atoms. The molecule has 2 aromatic carbocycles. The Labute approximate surface area is 134 Å². The van der Waals surface area contributed by atoms with Gasteiger partial charge in [0.15, 0.2) is 0 Å². The van der Waals surface area contributed by atoms with Crippen molar-refractivity contribution >= 4 is 38.9 Å². The topological polar surface area (TPSA) is 79.0 Å². The molecule has 0 aliphatic carbocycles. The van der Waals surface area contributed by atoms with Crippen molar-refractivity contribution in [3.8, 4) is 6.07 Å². The Hall–Kier alpha value is -2.10. The van der Waals surface area contributed by atoms with Crippen molar-refractivity contribution in [2.45, 2.75) is 6.54 Å². The van der Waals surface area contributed by atoms with Gasteiger partial charge in [-0.25, -0.2) is 0 Å². The van der Waals surface area contributed by atoms with E-state index in [1.54, 1.807) is 30.3 Å². The molecule has 0 heterocycles. The second-order valence-electron chi connectivity index (χ2n) is 4.17. The fourth-order valence-corrected chi connectivity index (χ4v) is 2.56. The normalized spacial score (nSPS) is 9.95. The zero-order valence-electron chi connectivity index (χ0n) is 10.6. The molecule has 0 fully saturated rings. The minimum absolute atomic E-state index is 0.0141. The van der Waals surface area contributed by atoms with Crippen LogP contribution in [0.4, 0.5) is 11.4 Å². The van der Waals surface area contributed by atoms with Crippen LogP contribution < -0.4 is 5.32 Å². The smallest absolute Gasteiger partial charge is 0.283 e. The fraction of sp³-hybridized carbons (Fsp3) is 0.0714. The lowest BCUT2D eigenvalue weighted by Gasteiger charge is -2.10. The quantitative estimate of drug-likeness (QED) is 0.638. The van der Waals surface area contributed by atoms with Crippen LogP contribution in [0.1, 0.15) is 11.1 Å². The summed E-state index contributed by atoms with van der Waals surface area (Å²) < 4.78 is 0.437. The predicted molar refractivity (Wildman–Crippen MR) is 84.3 cm³/mol. The lowest BCUT2D eigenvalue weighted by atomic mass is 10.2. The van der Waals surface area contributed by atoms with Gasteiger partial charge in [-0.2, -0.15) is 5.26 Å². The van der Waals surface area contributed by atoms with E-state index in [-0.39, 0.29) is 5.69 Å². The predicted octanol–water partition coefficient (Wildman–Crippen LogP) is 4.49. The van der Waals surface area contributed by atoms with Gasteiger partial charge < -0.3 is 5.32 Å². The standard InChI is InChI=1S/C14H9BrClN3O2/c15-14-10(2-1-3-13(14)19(20)21)8-18-12-5-4-9(7-17)6-11(12)16/h1-6,18H,8H2. The van der Waals surface area contributed by atoms with Crippen LogP contribution in [0.5, 0.6) is 0 Å². The van der Waals surface area contributed by atoms with Crippen molar-refractivity contribution < 1.29 is 4.92 Å². The molecule has 1 N–H and O–H groups in total. The van der Waals surface area contributed by atoms with Gasteiger partial charge in [0.25, 0.3) is 5.69 Å². The molecule has 0 radical (unpaired) electrons. The summed E-state index contributed by atoms with van der Waals surface area (Å²) in [4.78, 5) is 10.4. The summed E-state index contributed by atoms with van der Waals surface area (Å²) >= 11 is 9.30. The van der Waals surface area contributed by atoms with Crippen molar-refractivity contribution in [1.82, 2.24) is 0 Å². The maximum atomic E-state index is 10.9. The highest BCUT2D eigenvalue weighted by atomic mass is 79.9. The molecule has 7 heteroatoms. The zero-order valence-corrected chi connectivity index (χ0v) is 13.0. The number of nitro benzene ring substituents is 1. The van der Waals surface area contributed by atoms with Gasteiger partial charge in [-0.1, -0.05) is 23.7 Å². The van der Waals surface area contributed by atoms with Gasteiger partial charge >= 0.3 is 0 Å². The van der Waals surface area contributed by atoms with Crippen LogP contribution in [0.3, 0.4) is 0 Å². The molecular formula is C14H9BrClN3O2. The minimum Gasteiger partial charge on any atom is -0.380 e. The number of hydrogen-bond donors (Lipinski definition) is 1. The van der Waals surface area contributed by atoms with Crippen molar-refractivity contribution in [3.05, 3.63) is 67.1 Å². The third kappa shape index (κ3) is 3.51. The molecule has 5 nitrogen and oxygen atoms in total. The van der Waals surface area contributed by atoms with Gasteiger partial charge in [0.2, 0.25) is 0 Å². The molecular weight excluding hydrogens is 358 g/mol. The van der Waals surface area contributed by atoms with Gasteiger partial charge in [0.05, 0.1) is 27.3 Å². The van der Waals surface area contributed by atoms with E-state index >= 15 is 0 Å². The van der Waals surface area contributed by atoms with Gasteiger partial charge in [-0.05, 0) is 39.7 Å². The Morgan fingerprint density at radius 1 is 1.38 bits per heavy atom. The van der Waals surface area contributed by atoms with Gasteiger partial charge in [0.1, 0.15) is 4.47 Å². The summed E-state index contributed by atoms with van der Waals surface area (Å²) in [5.41, 5.74) is 1.89. The van der Waals surface area contributed by atoms with Crippen LogP contribution in [0.15, 0.2) is 40.9 Å². The lowest BCUT2D eigenvalue weighted by molar-refractivity contribution is -0.385. The van der Waals surface area contributed by atoms with Crippen molar-refractivity contribution in [2.75, 3.05) is 5.32 Å². The molecule has 2 rings (SSSR count). The molecule has 0 atom stereocenters. The van der Waals surface area contributed by atoms with Gasteiger partial charge in [0, 0.05) is 12.6 Å². The summed E-state index contributed by atoms with van der Waals surface area (Å²) in [6, 6.07) is 11.8. The highest BCUT2D eigenvalue weighted by Gasteiger charge is 2.14. The van der Waals surface area contributed by atoms with E-state index in [9.17, 15) is 10.1 Å². The number of hydrogen-bond acceptors (Lipinski definition) is 4. The summed E-state index contributed by atoms with van der Waals surface area (Å²) in [6.45, 7) is 0.369. The third-order valence-corrected chi connectivity index (χ3v) is 4.05. The molecule has 0 amide bonds. The number of nitriles is 1. The van der Waals surface area contributed by atoms with Crippen LogP contribution in [-0.2, 0) is 6.54 Å². The minimum atomic E-state index is -0.442. The van der Waals surface area contributed by atoms with Crippen LogP contribution >= 0.6 is 27.5 Å². The molecule has 0 unspecified atom stereocenters. The van der Waals surface area contributed by atoms with Gasteiger partial charge in [-0.3, -0.25) is 10.1 Å². The molecule has 0 aliphatic rings. The molecule has 2 aromatic rings. The van der Waals surface area contributed by atoms with Crippen molar-refractivity contribution in [1.29, 1.82) is 5.26 Å². The van der Waals surface area contributed by atoms with E-state index in [0.29, 0.717) is 27.3 Å². The lowest BCUT2D eigenvalue weighted by Crippen LogP contribution is -2.02. The van der Waals surface area contributed by atoms with Crippen molar-refractivity contribution in [2.24, 2.45) is 0 Å². The second kappa shape index (κ2) is 6.57. The number of rotatable bonds is 4. The Bertz CT molecular complexity index is 743. The Balaban J connectivity index is 2.19. The van der Waals surface area contributed by atoms with Gasteiger partial charge in [-0.15, -0.1) is 0 Å². The maximum Gasteiger partial charge on any atom is 0.283 e. The number of nitro groups is 1. The first kappa shape index (κ1) is 15.3. The summed E-state index contributed by atoms with van der Waals surface area (Å²) in [5, 5.41) is 23.2. The number of anilines is 1. The monoisotopic (exact) mass is 365 g/mol. The van der Waals surface area contributed by atoms with E-state index in [1.807, 2.05) is 6.07 Å². The number of nitrogens with zero attached hydrogens (tertiary/aromatic N) is 2. The zero-order chi connectivity index (χ0) is 15.4. The fourth-order valence-electron chi connectivity index (χ4n) is 1.76. The van der Waals surface area contributed by atoms with E-state index in [2.05, 4.69) is 21.2 Å². The third-order valence-electron chi connectivity index (χ3n) is 2.82. The van der Waals surface area contributed by atoms with E-state index in [1.165, 1.54) is 6.07 Å². The Morgan fingerprint density at radius 3 is 2.76 bits per heavy atom. The molecule has 0 aliphatic heterocycles. The number of nitrogens with one attached hydrogen (secondary N) is 1. The molecule has 0 aromatic heterocycles. The second-order valence-corrected chi connectivity index (χ2v) is 5.37. The molecule has 106 valence electrons. The average molecular weight is 367 g/mol. The van der Waals surface area contributed by atoms with Crippen molar-refractivity contribution in [3.63, 3.8) is 0 Å². The molecule has 21 heavy (non-hydrogen) atoms. The number of halogens is 2. The SMILES string of the molecule is N#Cc1ccc(NCc2cccc([N+](=O)[O-])c2Br)c(Cl)c1. The molecule has 0 saturated carbocycles. The Morgan fingerprint density at radius 2 is 2.14 bits per heavy atom. The molecule has 0 saturated heterocycles. The van der Waals surface area contributed by atoms with Crippen LogP contribution in [0.25, 0.3) is 0 Å². The van der Waals surface area contributed by atoms with E-state index in [0.717, 1.165) is 5.56 Å².